The molecule has 2 aromatic rings. The van der Waals surface area contributed by atoms with Gasteiger partial charge in [0.15, 0.2) is 5.82 Å². The van der Waals surface area contributed by atoms with E-state index in [0.29, 0.717) is 12.4 Å². The molecular weight excluding hydrogens is 226 g/mol. The van der Waals surface area contributed by atoms with Gasteiger partial charge in [0, 0.05) is 18.8 Å². The van der Waals surface area contributed by atoms with E-state index in [1.165, 1.54) is 0 Å². The molecule has 0 saturated carbocycles. The van der Waals surface area contributed by atoms with Gasteiger partial charge in [0.1, 0.15) is 18.2 Å². The third-order valence-electron chi connectivity index (χ3n) is 2.61. The molecule has 0 atom stereocenters. The number of nitrogens with one attached hydrogen (secondary N) is 1. The van der Waals surface area contributed by atoms with E-state index < -0.39 is 0 Å². The van der Waals surface area contributed by atoms with Crippen LogP contribution >= 0.6 is 0 Å². The molecule has 2 rings (SSSR count). The summed E-state index contributed by atoms with van der Waals surface area (Å²) in [4.78, 5) is 8.70. The Hall–Kier alpha value is -2.10. The maximum Gasteiger partial charge on any atom is 0.168 e. The summed E-state index contributed by atoms with van der Waals surface area (Å²) >= 11 is 0. The standard InChI is InChI=1S/C14H17N3O/c1-10-6-4-5-7-12(10)18-9-14-16-11(2)8-13(15-3)17-14/h4-8H,9H2,1-3H3,(H,15,16,17). The molecule has 94 valence electrons. The Kier molecular flexibility index (Phi) is 3.77. The van der Waals surface area contributed by atoms with Gasteiger partial charge < -0.3 is 10.1 Å². The lowest BCUT2D eigenvalue weighted by molar-refractivity contribution is 0.293. The number of rotatable bonds is 4. The fraction of sp³-hybridized carbons (Fsp3) is 0.286. The van der Waals surface area contributed by atoms with Crippen molar-refractivity contribution in [2.24, 2.45) is 0 Å². The predicted octanol–water partition coefficient (Wildman–Crippen LogP) is 2.71. The molecule has 1 aromatic carbocycles. The minimum Gasteiger partial charge on any atom is -0.485 e. The Bertz CT molecular complexity index is 540. The Morgan fingerprint density at radius 1 is 1.17 bits per heavy atom. The second-order valence-corrected chi connectivity index (χ2v) is 4.11. The molecule has 0 aliphatic carbocycles. The van der Waals surface area contributed by atoms with Crippen LogP contribution in [0.15, 0.2) is 30.3 Å². The largest absolute Gasteiger partial charge is 0.485 e. The summed E-state index contributed by atoms with van der Waals surface area (Å²) in [6.07, 6.45) is 0. The number of hydrogen-bond acceptors (Lipinski definition) is 4. The van der Waals surface area contributed by atoms with E-state index in [9.17, 15) is 0 Å². The number of aryl methyl sites for hydroxylation is 2. The molecule has 0 spiro atoms. The molecule has 0 fully saturated rings. The highest BCUT2D eigenvalue weighted by molar-refractivity contribution is 5.35. The zero-order chi connectivity index (χ0) is 13.0. The highest BCUT2D eigenvalue weighted by atomic mass is 16.5. The maximum atomic E-state index is 5.72. The van der Waals surface area contributed by atoms with Crippen molar-refractivity contribution in [3.05, 3.63) is 47.4 Å². The van der Waals surface area contributed by atoms with Gasteiger partial charge in [0.05, 0.1) is 0 Å². The van der Waals surface area contributed by atoms with Gasteiger partial charge in [-0.15, -0.1) is 0 Å². The molecule has 4 nitrogen and oxygen atoms in total. The van der Waals surface area contributed by atoms with E-state index in [0.717, 1.165) is 22.8 Å². The van der Waals surface area contributed by atoms with E-state index in [-0.39, 0.29) is 0 Å². The van der Waals surface area contributed by atoms with Crippen molar-refractivity contribution in [3.63, 3.8) is 0 Å². The van der Waals surface area contributed by atoms with E-state index in [2.05, 4.69) is 15.3 Å². The second-order valence-electron chi connectivity index (χ2n) is 4.11. The second kappa shape index (κ2) is 5.49. The molecule has 1 aromatic heterocycles. The molecule has 4 heteroatoms. The van der Waals surface area contributed by atoms with Gasteiger partial charge in [-0.05, 0) is 25.5 Å². The first-order valence-corrected chi connectivity index (χ1v) is 5.90. The van der Waals surface area contributed by atoms with Crippen molar-refractivity contribution < 1.29 is 4.74 Å². The molecule has 0 aliphatic heterocycles. The molecule has 0 bridgehead atoms. The first kappa shape index (κ1) is 12.4. The minimum atomic E-state index is 0.376. The van der Waals surface area contributed by atoms with Crippen molar-refractivity contribution in [2.75, 3.05) is 12.4 Å². The van der Waals surface area contributed by atoms with Gasteiger partial charge in [-0.1, -0.05) is 18.2 Å². The molecule has 1 N–H and O–H groups in total. The van der Waals surface area contributed by atoms with E-state index in [1.807, 2.05) is 51.2 Å². The van der Waals surface area contributed by atoms with Crippen molar-refractivity contribution >= 4 is 5.82 Å². The molecule has 18 heavy (non-hydrogen) atoms. The molecule has 0 saturated heterocycles. The Balaban J connectivity index is 2.11. The van der Waals surface area contributed by atoms with E-state index in [1.54, 1.807) is 0 Å². The number of hydrogen-bond donors (Lipinski definition) is 1. The van der Waals surface area contributed by atoms with Crippen molar-refractivity contribution in [1.82, 2.24) is 9.97 Å². The van der Waals surface area contributed by atoms with Crippen LogP contribution in [0, 0.1) is 13.8 Å². The third-order valence-corrected chi connectivity index (χ3v) is 2.61. The van der Waals surface area contributed by atoms with Crippen LogP contribution in [0.4, 0.5) is 5.82 Å². The lowest BCUT2D eigenvalue weighted by Gasteiger charge is -2.09. The third kappa shape index (κ3) is 2.97. The smallest absolute Gasteiger partial charge is 0.168 e. The van der Waals surface area contributed by atoms with Crippen molar-refractivity contribution in [2.45, 2.75) is 20.5 Å². The highest BCUT2D eigenvalue weighted by Gasteiger charge is 2.03. The van der Waals surface area contributed by atoms with Gasteiger partial charge in [0.25, 0.3) is 0 Å². The van der Waals surface area contributed by atoms with Crippen LogP contribution in [-0.2, 0) is 6.61 Å². The summed E-state index contributed by atoms with van der Waals surface area (Å²) in [6.45, 7) is 4.34. The number of benzene rings is 1. The topological polar surface area (TPSA) is 47.0 Å². The SMILES string of the molecule is CNc1cc(C)nc(COc2ccccc2C)n1. The summed E-state index contributed by atoms with van der Waals surface area (Å²) in [5.41, 5.74) is 2.04. The Labute approximate surface area is 107 Å². The zero-order valence-corrected chi connectivity index (χ0v) is 10.9. The number of ether oxygens (including phenoxy) is 1. The molecule has 0 radical (unpaired) electrons. The molecule has 0 unspecified atom stereocenters. The summed E-state index contributed by atoms with van der Waals surface area (Å²) in [5.74, 6) is 2.36. The van der Waals surface area contributed by atoms with Crippen LogP contribution < -0.4 is 10.1 Å². The minimum absolute atomic E-state index is 0.376. The fourth-order valence-corrected chi connectivity index (χ4v) is 1.68. The van der Waals surface area contributed by atoms with Crippen LogP contribution in [0.25, 0.3) is 0 Å². The number of anilines is 1. The highest BCUT2D eigenvalue weighted by Crippen LogP contribution is 2.17. The molecular formula is C14H17N3O. The summed E-state index contributed by atoms with van der Waals surface area (Å²) < 4.78 is 5.72. The molecule has 1 heterocycles. The van der Waals surface area contributed by atoms with Crippen LogP contribution in [0.3, 0.4) is 0 Å². The van der Waals surface area contributed by atoms with Gasteiger partial charge in [-0.25, -0.2) is 9.97 Å². The zero-order valence-electron chi connectivity index (χ0n) is 10.9. The van der Waals surface area contributed by atoms with Crippen LogP contribution in [0.1, 0.15) is 17.1 Å². The summed E-state index contributed by atoms with van der Waals surface area (Å²) in [6, 6.07) is 9.82. The molecule has 0 amide bonds. The summed E-state index contributed by atoms with van der Waals surface area (Å²) in [5, 5.41) is 3.01. The van der Waals surface area contributed by atoms with Crippen molar-refractivity contribution in [3.8, 4) is 5.75 Å². The first-order chi connectivity index (χ1) is 8.69. The van der Waals surface area contributed by atoms with Gasteiger partial charge >= 0.3 is 0 Å². The quantitative estimate of drug-likeness (QED) is 0.897. The normalized spacial score (nSPS) is 10.2. The predicted molar refractivity (Wildman–Crippen MR) is 71.8 cm³/mol. The van der Waals surface area contributed by atoms with Crippen LogP contribution in [-0.4, -0.2) is 17.0 Å². The molecule has 0 aliphatic rings. The van der Waals surface area contributed by atoms with Gasteiger partial charge in [0.2, 0.25) is 0 Å². The van der Waals surface area contributed by atoms with E-state index in [4.69, 9.17) is 4.74 Å². The summed E-state index contributed by atoms with van der Waals surface area (Å²) in [7, 11) is 1.84. The van der Waals surface area contributed by atoms with Crippen molar-refractivity contribution in [1.29, 1.82) is 0 Å². The lowest BCUT2D eigenvalue weighted by atomic mass is 10.2. The van der Waals surface area contributed by atoms with Gasteiger partial charge in [-0.2, -0.15) is 0 Å². The average Bonchev–Trinajstić information content (AvgIpc) is 2.37. The van der Waals surface area contributed by atoms with Crippen LogP contribution in [0.2, 0.25) is 0 Å². The van der Waals surface area contributed by atoms with E-state index >= 15 is 0 Å². The first-order valence-electron chi connectivity index (χ1n) is 5.90. The number of aromatic nitrogens is 2. The Morgan fingerprint density at radius 3 is 2.67 bits per heavy atom. The number of nitrogens with zero attached hydrogens (tertiary/aromatic N) is 2. The lowest BCUT2D eigenvalue weighted by Crippen LogP contribution is -2.05. The monoisotopic (exact) mass is 243 g/mol. The van der Waals surface area contributed by atoms with Gasteiger partial charge in [-0.3, -0.25) is 0 Å². The van der Waals surface area contributed by atoms with Crippen LogP contribution in [0.5, 0.6) is 5.75 Å². The fourth-order valence-electron chi connectivity index (χ4n) is 1.68. The maximum absolute atomic E-state index is 5.72. The average molecular weight is 243 g/mol. The number of para-hydroxylation sites is 1. The Morgan fingerprint density at radius 2 is 1.94 bits per heavy atom.